The second-order valence-electron chi connectivity index (χ2n) is 6.46. The van der Waals surface area contributed by atoms with Crippen LogP contribution < -0.4 is 5.43 Å². The number of aromatic nitrogens is 1. The molecule has 1 heterocycles. The quantitative estimate of drug-likeness (QED) is 0.592. The van der Waals surface area contributed by atoms with Gasteiger partial charge in [0.2, 0.25) is 0 Å². The van der Waals surface area contributed by atoms with E-state index < -0.39 is 26.6 Å². The van der Waals surface area contributed by atoms with Crippen molar-refractivity contribution in [1.82, 2.24) is 4.57 Å². The Morgan fingerprint density at radius 1 is 1.03 bits per heavy atom. The van der Waals surface area contributed by atoms with Crippen molar-refractivity contribution in [3.8, 4) is 11.3 Å². The summed E-state index contributed by atoms with van der Waals surface area (Å²) < 4.78 is 64.4. The summed E-state index contributed by atoms with van der Waals surface area (Å²) in [5.74, 6) is 0. The molecule has 4 nitrogen and oxygen atoms in total. The van der Waals surface area contributed by atoms with E-state index in [9.17, 15) is 26.4 Å². The van der Waals surface area contributed by atoms with Gasteiger partial charge in [0.15, 0.2) is 15.3 Å². The summed E-state index contributed by atoms with van der Waals surface area (Å²) in [6.07, 6.45) is -2.08. The Bertz CT molecular complexity index is 1220. The van der Waals surface area contributed by atoms with Gasteiger partial charge in [-0.15, -0.1) is 0 Å². The molecule has 0 fully saturated rings. The van der Waals surface area contributed by atoms with Crippen LogP contribution in [-0.2, 0) is 22.6 Å². The summed E-state index contributed by atoms with van der Waals surface area (Å²) in [6, 6.07) is 12.1. The number of alkyl halides is 3. The number of nitrogens with zero attached hydrogens (tertiary/aromatic N) is 1. The zero-order chi connectivity index (χ0) is 21.4. The van der Waals surface area contributed by atoms with Gasteiger partial charge in [-0.1, -0.05) is 35.9 Å². The molecular formula is C20H15ClF3NO3S. The molecule has 0 radical (unpaired) electrons. The molecule has 0 aliphatic heterocycles. The van der Waals surface area contributed by atoms with Crippen molar-refractivity contribution < 1.29 is 21.6 Å². The minimum atomic E-state index is -4.63. The molecule has 0 bridgehead atoms. The van der Waals surface area contributed by atoms with E-state index in [1.54, 1.807) is 16.7 Å². The van der Waals surface area contributed by atoms with Crippen LogP contribution in [0.2, 0.25) is 5.02 Å². The number of pyridine rings is 1. The van der Waals surface area contributed by atoms with E-state index in [1.165, 1.54) is 42.6 Å². The van der Waals surface area contributed by atoms with Gasteiger partial charge in [-0.25, -0.2) is 8.42 Å². The first kappa shape index (κ1) is 21.1. The maximum atomic E-state index is 13.2. The van der Waals surface area contributed by atoms with E-state index in [-0.39, 0.29) is 28.1 Å². The van der Waals surface area contributed by atoms with Gasteiger partial charge in [0.05, 0.1) is 21.2 Å². The topological polar surface area (TPSA) is 56.1 Å². The molecule has 0 aliphatic rings. The van der Waals surface area contributed by atoms with Crippen LogP contribution >= 0.6 is 11.6 Å². The summed E-state index contributed by atoms with van der Waals surface area (Å²) in [5.41, 5.74) is -0.368. The highest BCUT2D eigenvalue weighted by molar-refractivity contribution is 7.90. The Morgan fingerprint density at radius 2 is 1.69 bits per heavy atom. The molecule has 0 N–H and O–H groups in total. The Balaban J connectivity index is 2.08. The van der Waals surface area contributed by atoms with Crippen LogP contribution in [0.4, 0.5) is 13.2 Å². The fourth-order valence-corrected chi connectivity index (χ4v) is 3.83. The predicted molar refractivity (Wildman–Crippen MR) is 105 cm³/mol. The van der Waals surface area contributed by atoms with Gasteiger partial charge in [0, 0.05) is 36.7 Å². The lowest BCUT2D eigenvalue weighted by Crippen LogP contribution is -2.11. The minimum absolute atomic E-state index is 0.0759. The molecular weight excluding hydrogens is 427 g/mol. The van der Waals surface area contributed by atoms with Crippen molar-refractivity contribution in [1.29, 1.82) is 0 Å². The molecule has 0 saturated carbocycles. The molecule has 1 aromatic heterocycles. The maximum absolute atomic E-state index is 13.2. The normalized spacial score (nSPS) is 12.2. The van der Waals surface area contributed by atoms with Crippen LogP contribution in [0.1, 0.15) is 11.1 Å². The van der Waals surface area contributed by atoms with E-state index in [0.29, 0.717) is 5.56 Å². The number of sulfone groups is 1. The molecule has 9 heteroatoms. The monoisotopic (exact) mass is 441 g/mol. The molecule has 2 aromatic carbocycles. The third-order valence-corrected chi connectivity index (χ3v) is 5.83. The van der Waals surface area contributed by atoms with Crippen molar-refractivity contribution >= 4 is 21.4 Å². The predicted octanol–water partition coefficient (Wildman–Crippen LogP) is 4.64. The highest BCUT2D eigenvalue weighted by Crippen LogP contribution is 2.39. The number of halogens is 4. The zero-order valence-corrected chi connectivity index (χ0v) is 16.6. The minimum Gasteiger partial charge on any atom is -0.343 e. The molecule has 29 heavy (non-hydrogen) atoms. The lowest BCUT2D eigenvalue weighted by molar-refractivity contribution is -0.137. The number of hydrogen-bond acceptors (Lipinski definition) is 3. The van der Waals surface area contributed by atoms with E-state index in [2.05, 4.69) is 0 Å². The molecule has 3 aromatic rings. The van der Waals surface area contributed by atoms with Gasteiger partial charge in [-0.3, -0.25) is 4.79 Å². The molecule has 0 atom stereocenters. The first-order valence-electron chi connectivity index (χ1n) is 8.32. The third-order valence-electron chi connectivity index (χ3n) is 4.29. The molecule has 0 spiro atoms. The molecule has 0 saturated heterocycles. The summed E-state index contributed by atoms with van der Waals surface area (Å²) in [5, 5.41) is -0.494. The lowest BCUT2D eigenvalue weighted by atomic mass is 10.1. The van der Waals surface area contributed by atoms with Crippen LogP contribution in [0.5, 0.6) is 0 Å². The molecule has 0 aliphatic carbocycles. The summed E-state index contributed by atoms with van der Waals surface area (Å²) >= 11 is 6.02. The van der Waals surface area contributed by atoms with Crippen molar-refractivity contribution in [2.75, 3.05) is 6.26 Å². The maximum Gasteiger partial charge on any atom is 0.417 e. The highest BCUT2D eigenvalue weighted by atomic mass is 35.5. The van der Waals surface area contributed by atoms with Gasteiger partial charge < -0.3 is 4.57 Å². The van der Waals surface area contributed by atoms with Crippen LogP contribution in [-0.4, -0.2) is 19.2 Å². The largest absolute Gasteiger partial charge is 0.417 e. The van der Waals surface area contributed by atoms with Crippen molar-refractivity contribution in [2.45, 2.75) is 17.6 Å². The van der Waals surface area contributed by atoms with Gasteiger partial charge in [-0.2, -0.15) is 13.2 Å². The zero-order valence-electron chi connectivity index (χ0n) is 15.1. The Labute approximate surface area is 170 Å². The van der Waals surface area contributed by atoms with Crippen LogP contribution in [0.15, 0.2) is 70.5 Å². The van der Waals surface area contributed by atoms with Crippen LogP contribution in [0.3, 0.4) is 0 Å². The third kappa shape index (κ3) is 4.71. The van der Waals surface area contributed by atoms with E-state index in [4.69, 9.17) is 11.6 Å². The molecule has 0 unspecified atom stereocenters. The number of rotatable bonds is 4. The fourth-order valence-electron chi connectivity index (χ4n) is 2.87. The first-order valence-corrected chi connectivity index (χ1v) is 10.6. The Morgan fingerprint density at radius 3 is 2.28 bits per heavy atom. The first-order chi connectivity index (χ1) is 13.5. The summed E-state index contributed by atoms with van der Waals surface area (Å²) in [6.45, 7) is 0.201. The second kappa shape index (κ2) is 7.68. The Kier molecular flexibility index (Phi) is 5.60. The van der Waals surface area contributed by atoms with Gasteiger partial charge in [-0.05, 0) is 23.8 Å². The number of hydrogen-bond donors (Lipinski definition) is 0. The number of benzene rings is 2. The molecule has 152 valence electrons. The summed E-state index contributed by atoms with van der Waals surface area (Å²) in [4.78, 5) is 12.0. The van der Waals surface area contributed by atoms with Crippen LogP contribution in [0, 0.1) is 0 Å². The molecule has 0 amide bonds. The SMILES string of the molecule is CS(=O)(=O)c1ccc(Cn2ccc(=O)cc2-c2cccc(C(F)(F)F)c2Cl)cc1. The average molecular weight is 442 g/mol. The highest BCUT2D eigenvalue weighted by Gasteiger charge is 2.34. The van der Waals surface area contributed by atoms with Crippen molar-refractivity contribution in [2.24, 2.45) is 0 Å². The van der Waals surface area contributed by atoms with Gasteiger partial charge in [0.25, 0.3) is 0 Å². The van der Waals surface area contributed by atoms with Gasteiger partial charge in [0.1, 0.15) is 0 Å². The van der Waals surface area contributed by atoms with Gasteiger partial charge >= 0.3 is 6.18 Å². The van der Waals surface area contributed by atoms with Crippen LogP contribution in [0.25, 0.3) is 11.3 Å². The second-order valence-corrected chi connectivity index (χ2v) is 8.85. The van der Waals surface area contributed by atoms with Crippen molar-refractivity contribution in [3.63, 3.8) is 0 Å². The van der Waals surface area contributed by atoms with Crippen molar-refractivity contribution in [3.05, 3.63) is 87.2 Å². The summed E-state index contributed by atoms with van der Waals surface area (Å²) in [7, 11) is -3.35. The smallest absolute Gasteiger partial charge is 0.343 e. The van der Waals surface area contributed by atoms with E-state index in [1.807, 2.05) is 0 Å². The average Bonchev–Trinajstić information content (AvgIpc) is 2.62. The standard InChI is InChI=1S/C20H15ClF3NO3S/c1-29(27,28)15-7-5-13(6-8-15)12-25-10-9-14(26)11-18(25)16-3-2-4-17(19(16)21)20(22,23)24/h2-11H,12H2,1H3. The lowest BCUT2D eigenvalue weighted by Gasteiger charge is -2.17. The van der Waals surface area contributed by atoms with E-state index in [0.717, 1.165) is 12.3 Å². The molecule has 3 rings (SSSR count). The van der Waals surface area contributed by atoms with E-state index >= 15 is 0 Å². The fraction of sp³-hybridized carbons (Fsp3) is 0.150. The Hall–Kier alpha value is -2.58.